The van der Waals surface area contributed by atoms with Gasteiger partial charge in [-0.2, -0.15) is 4.31 Å². The zero-order valence-electron chi connectivity index (χ0n) is 12.0. The molecule has 1 heterocycles. The van der Waals surface area contributed by atoms with E-state index >= 15 is 0 Å². The predicted molar refractivity (Wildman–Crippen MR) is 80.7 cm³/mol. The van der Waals surface area contributed by atoms with E-state index in [0.717, 1.165) is 12.5 Å². The molecule has 8 heteroatoms. The lowest BCUT2D eigenvalue weighted by atomic mass is 10.0. The summed E-state index contributed by atoms with van der Waals surface area (Å²) in [4.78, 5) is -0.0545. The number of hydrogen-bond acceptors (Lipinski definition) is 4. The van der Waals surface area contributed by atoms with Crippen molar-refractivity contribution in [2.45, 2.75) is 24.3 Å². The van der Waals surface area contributed by atoms with Gasteiger partial charge in [0.15, 0.2) is 11.6 Å². The second-order valence-electron chi connectivity index (χ2n) is 5.07. The number of benzene rings is 1. The SMILES string of the molecule is COc1ccc(S(=O)(=O)N2CCC(C(C)N)C2)cc1F.Cl. The lowest BCUT2D eigenvalue weighted by Crippen LogP contribution is -2.33. The topological polar surface area (TPSA) is 72.6 Å². The Kier molecular flexibility index (Phi) is 5.98. The number of ether oxygens (including phenoxy) is 1. The van der Waals surface area contributed by atoms with Gasteiger partial charge in [-0.1, -0.05) is 0 Å². The molecule has 2 atom stereocenters. The molecular formula is C13H20ClFN2O3S. The summed E-state index contributed by atoms with van der Waals surface area (Å²) < 4.78 is 44.7. The third-order valence-electron chi connectivity index (χ3n) is 3.69. The molecule has 120 valence electrons. The van der Waals surface area contributed by atoms with Crippen LogP contribution in [0.2, 0.25) is 0 Å². The molecule has 1 saturated heterocycles. The zero-order chi connectivity index (χ0) is 14.9. The quantitative estimate of drug-likeness (QED) is 0.905. The highest BCUT2D eigenvalue weighted by Gasteiger charge is 2.34. The van der Waals surface area contributed by atoms with Crippen LogP contribution in [0.5, 0.6) is 5.75 Å². The maximum Gasteiger partial charge on any atom is 0.243 e. The van der Waals surface area contributed by atoms with E-state index in [0.29, 0.717) is 13.1 Å². The highest BCUT2D eigenvalue weighted by Crippen LogP contribution is 2.28. The Bertz CT molecular complexity index is 595. The molecule has 1 aromatic rings. The molecule has 0 radical (unpaired) electrons. The number of nitrogens with two attached hydrogens (primary N) is 1. The Hall–Kier alpha value is -0.890. The van der Waals surface area contributed by atoms with Crippen LogP contribution in [0.4, 0.5) is 4.39 Å². The Labute approximate surface area is 130 Å². The molecule has 2 unspecified atom stereocenters. The third-order valence-corrected chi connectivity index (χ3v) is 5.55. The Morgan fingerprint density at radius 2 is 2.14 bits per heavy atom. The average molecular weight is 339 g/mol. The number of nitrogens with zero attached hydrogens (tertiary/aromatic N) is 1. The van der Waals surface area contributed by atoms with Gasteiger partial charge in [0, 0.05) is 19.1 Å². The van der Waals surface area contributed by atoms with E-state index in [1.807, 2.05) is 6.92 Å². The van der Waals surface area contributed by atoms with Crippen LogP contribution in [-0.4, -0.2) is 39.0 Å². The molecular weight excluding hydrogens is 319 g/mol. The number of hydrogen-bond donors (Lipinski definition) is 1. The Balaban J connectivity index is 0.00000220. The number of methoxy groups -OCH3 is 1. The van der Waals surface area contributed by atoms with Crippen LogP contribution >= 0.6 is 12.4 Å². The van der Waals surface area contributed by atoms with Gasteiger partial charge >= 0.3 is 0 Å². The molecule has 2 N–H and O–H groups in total. The maximum absolute atomic E-state index is 13.6. The summed E-state index contributed by atoms with van der Waals surface area (Å²) in [6.45, 7) is 2.67. The van der Waals surface area contributed by atoms with Crippen LogP contribution in [-0.2, 0) is 10.0 Å². The fraction of sp³-hybridized carbons (Fsp3) is 0.538. The summed E-state index contributed by atoms with van der Waals surface area (Å²) in [5.74, 6) is -0.511. The average Bonchev–Trinajstić information content (AvgIpc) is 2.89. The monoisotopic (exact) mass is 338 g/mol. The predicted octanol–water partition coefficient (Wildman–Crippen LogP) is 1.61. The summed E-state index contributed by atoms with van der Waals surface area (Å²) in [6.07, 6.45) is 0.732. The smallest absolute Gasteiger partial charge is 0.243 e. The van der Waals surface area contributed by atoms with Crippen molar-refractivity contribution in [3.8, 4) is 5.75 Å². The van der Waals surface area contributed by atoms with Crippen LogP contribution < -0.4 is 10.5 Å². The van der Waals surface area contributed by atoms with Gasteiger partial charge in [-0.05, 0) is 37.5 Å². The fourth-order valence-electron chi connectivity index (χ4n) is 2.36. The Morgan fingerprint density at radius 1 is 1.48 bits per heavy atom. The van der Waals surface area contributed by atoms with E-state index in [-0.39, 0.29) is 35.0 Å². The molecule has 1 aromatic carbocycles. The highest BCUT2D eigenvalue weighted by atomic mass is 35.5. The van der Waals surface area contributed by atoms with Gasteiger partial charge in [0.05, 0.1) is 12.0 Å². The standard InChI is InChI=1S/C13H19FN2O3S.ClH/c1-9(15)10-5-6-16(8-10)20(17,18)11-3-4-13(19-2)12(14)7-11;/h3-4,7,9-10H,5-6,8,15H2,1-2H3;1H. The second-order valence-corrected chi connectivity index (χ2v) is 7.01. The van der Waals surface area contributed by atoms with Gasteiger partial charge in [0.25, 0.3) is 0 Å². The normalized spacial score (nSPS) is 20.9. The van der Waals surface area contributed by atoms with Gasteiger partial charge in [-0.15, -0.1) is 12.4 Å². The van der Waals surface area contributed by atoms with Gasteiger partial charge < -0.3 is 10.5 Å². The van der Waals surface area contributed by atoms with Crippen LogP contribution in [0.1, 0.15) is 13.3 Å². The maximum atomic E-state index is 13.6. The first kappa shape index (κ1) is 18.2. The van der Waals surface area contributed by atoms with Gasteiger partial charge in [0.2, 0.25) is 10.0 Å². The minimum Gasteiger partial charge on any atom is -0.494 e. The summed E-state index contributed by atoms with van der Waals surface area (Å²) >= 11 is 0. The first-order valence-corrected chi connectivity index (χ1v) is 7.89. The molecule has 1 aliphatic heterocycles. The van der Waals surface area contributed by atoms with E-state index in [2.05, 4.69) is 0 Å². The summed E-state index contributed by atoms with van der Waals surface area (Å²) in [5.41, 5.74) is 5.81. The molecule has 0 spiro atoms. The molecule has 1 fully saturated rings. The van der Waals surface area contributed by atoms with E-state index in [1.165, 1.54) is 23.5 Å². The van der Waals surface area contributed by atoms with E-state index in [4.69, 9.17) is 10.5 Å². The van der Waals surface area contributed by atoms with E-state index < -0.39 is 15.8 Å². The minimum atomic E-state index is -3.67. The van der Waals surface area contributed by atoms with Crippen molar-refractivity contribution >= 4 is 22.4 Å². The number of rotatable bonds is 4. The summed E-state index contributed by atoms with van der Waals surface area (Å²) in [7, 11) is -2.34. The van der Waals surface area contributed by atoms with Crippen molar-refractivity contribution in [2.24, 2.45) is 11.7 Å². The molecule has 0 aromatic heterocycles. The number of halogens is 2. The van der Waals surface area contributed by atoms with Crippen molar-refractivity contribution in [1.29, 1.82) is 0 Å². The molecule has 21 heavy (non-hydrogen) atoms. The van der Waals surface area contributed by atoms with Crippen LogP contribution in [0.3, 0.4) is 0 Å². The van der Waals surface area contributed by atoms with Crippen LogP contribution in [0.15, 0.2) is 23.1 Å². The van der Waals surface area contributed by atoms with Crippen molar-refractivity contribution in [3.63, 3.8) is 0 Å². The van der Waals surface area contributed by atoms with Crippen LogP contribution in [0.25, 0.3) is 0 Å². The van der Waals surface area contributed by atoms with Crippen molar-refractivity contribution < 1.29 is 17.5 Å². The summed E-state index contributed by atoms with van der Waals surface area (Å²) in [5, 5.41) is 0. The molecule has 0 amide bonds. The lowest BCUT2D eigenvalue weighted by Gasteiger charge is -2.18. The van der Waals surface area contributed by atoms with Gasteiger partial charge in [0.1, 0.15) is 0 Å². The zero-order valence-corrected chi connectivity index (χ0v) is 13.6. The van der Waals surface area contributed by atoms with Gasteiger partial charge in [-0.3, -0.25) is 0 Å². The van der Waals surface area contributed by atoms with Crippen molar-refractivity contribution in [3.05, 3.63) is 24.0 Å². The van der Waals surface area contributed by atoms with Gasteiger partial charge in [-0.25, -0.2) is 12.8 Å². The van der Waals surface area contributed by atoms with E-state index in [1.54, 1.807) is 0 Å². The molecule has 1 aliphatic rings. The molecule has 0 saturated carbocycles. The van der Waals surface area contributed by atoms with Crippen molar-refractivity contribution in [2.75, 3.05) is 20.2 Å². The second kappa shape index (κ2) is 6.91. The Morgan fingerprint density at radius 3 is 2.62 bits per heavy atom. The third kappa shape index (κ3) is 3.66. The largest absolute Gasteiger partial charge is 0.494 e. The number of sulfonamides is 1. The lowest BCUT2D eigenvalue weighted by molar-refractivity contribution is 0.385. The van der Waals surface area contributed by atoms with Crippen molar-refractivity contribution in [1.82, 2.24) is 4.31 Å². The molecule has 5 nitrogen and oxygen atoms in total. The summed E-state index contributed by atoms with van der Waals surface area (Å²) in [6, 6.07) is 3.62. The fourth-order valence-corrected chi connectivity index (χ4v) is 3.88. The molecule has 0 bridgehead atoms. The first-order chi connectivity index (χ1) is 9.36. The minimum absolute atomic E-state index is 0. The first-order valence-electron chi connectivity index (χ1n) is 6.45. The van der Waals surface area contributed by atoms with E-state index in [9.17, 15) is 12.8 Å². The molecule has 2 rings (SSSR count). The highest BCUT2D eigenvalue weighted by molar-refractivity contribution is 7.89. The van der Waals surface area contributed by atoms with Crippen LogP contribution in [0, 0.1) is 11.7 Å². The molecule has 0 aliphatic carbocycles.